The molecule has 0 amide bonds. The van der Waals surface area contributed by atoms with Crippen molar-refractivity contribution in [2.45, 2.75) is 32.3 Å². The molecule has 0 radical (unpaired) electrons. The molecule has 1 aliphatic rings. The molecule has 13 heavy (non-hydrogen) atoms. The van der Waals surface area contributed by atoms with Crippen LogP contribution < -0.4 is 5.73 Å². The lowest BCUT2D eigenvalue weighted by atomic mass is 10.3. The molecular formula is C10H22N2O. The van der Waals surface area contributed by atoms with Crippen molar-refractivity contribution in [3.63, 3.8) is 0 Å². The second-order valence-corrected chi connectivity index (χ2v) is 3.69. The molecule has 1 rings (SSSR count). The number of nitrogens with two attached hydrogens (primary N) is 1. The molecule has 1 aliphatic heterocycles. The van der Waals surface area contributed by atoms with Crippen LogP contribution in [-0.4, -0.2) is 43.8 Å². The van der Waals surface area contributed by atoms with Crippen LogP contribution >= 0.6 is 0 Å². The fraction of sp³-hybridized carbons (Fsp3) is 1.00. The van der Waals surface area contributed by atoms with Gasteiger partial charge in [-0.25, -0.2) is 0 Å². The zero-order valence-electron chi connectivity index (χ0n) is 8.67. The van der Waals surface area contributed by atoms with E-state index in [0.29, 0.717) is 6.54 Å². The minimum Gasteiger partial charge on any atom is -0.376 e. The normalized spacial score (nSPS) is 20.8. The van der Waals surface area contributed by atoms with Gasteiger partial charge in [0.1, 0.15) is 0 Å². The highest BCUT2D eigenvalue weighted by Crippen LogP contribution is 2.06. The first-order valence-electron chi connectivity index (χ1n) is 5.40. The van der Waals surface area contributed by atoms with Gasteiger partial charge in [-0.2, -0.15) is 0 Å². The van der Waals surface area contributed by atoms with Crippen LogP contribution in [0, 0.1) is 0 Å². The van der Waals surface area contributed by atoms with Gasteiger partial charge in [0.15, 0.2) is 0 Å². The summed E-state index contributed by atoms with van der Waals surface area (Å²) in [4.78, 5) is 2.46. The van der Waals surface area contributed by atoms with Gasteiger partial charge in [-0.1, -0.05) is 6.92 Å². The van der Waals surface area contributed by atoms with Crippen molar-refractivity contribution in [2.75, 3.05) is 32.8 Å². The van der Waals surface area contributed by atoms with Gasteiger partial charge in [0.05, 0.1) is 12.7 Å². The van der Waals surface area contributed by atoms with Gasteiger partial charge in [-0.05, 0) is 32.4 Å². The molecule has 0 aliphatic carbocycles. The number of rotatable bonds is 6. The summed E-state index contributed by atoms with van der Waals surface area (Å²) in [6.45, 7) is 7.20. The largest absolute Gasteiger partial charge is 0.376 e. The zero-order valence-corrected chi connectivity index (χ0v) is 8.67. The van der Waals surface area contributed by atoms with Gasteiger partial charge in [0, 0.05) is 13.1 Å². The molecule has 1 atom stereocenters. The predicted octanol–water partition coefficient (Wildman–Crippen LogP) is 0.836. The summed E-state index contributed by atoms with van der Waals surface area (Å²) in [7, 11) is 0. The average molecular weight is 186 g/mol. The quantitative estimate of drug-likeness (QED) is 0.668. The lowest BCUT2D eigenvalue weighted by Gasteiger charge is -2.18. The summed E-state index contributed by atoms with van der Waals surface area (Å²) >= 11 is 0. The number of hydrogen-bond acceptors (Lipinski definition) is 3. The maximum Gasteiger partial charge on any atom is 0.0695 e. The molecule has 3 heteroatoms. The Morgan fingerprint density at radius 1 is 1.38 bits per heavy atom. The van der Waals surface area contributed by atoms with Gasteiger partial charge in [-0.15, -0.1) is 0 Å². The van der Waals surface area contributed by atoms with E-state index in [1.807, 2.05) is 0 Å². The van der Waals surface area contributed by atoms with E-state index in [4.69, 9.17) is 10.5 Å². The molecule has 1 saturated heterocycles. The Bertz CT molecular complexity index is 118. The molecule has 0 aromatic rings. The van der Waals surface area contributed by atoms with Crippen LogP contribution in [0.1, 0.15) is 26.2 Å². The molecule has 2 N–H and O–H groups in total. The minimum atomic E-state index is 0.266. The molecule has 0 aromatic heterocycles. The smallest absolute Gasteiger partial charge is 0.0695 e. The summed E-state index contributed by atoms with van der Waals surface area (Å²) in [6.07, 6.45) is 4.00. The first-order chi connectivity index (χ1) is 6.36. The van der Waals surface area contributed by atoms with Crippen molar-refractivity contribution in [3.05, 3.63) is 0 Å². The highest BCUT2D eigenvalue weighted by molar-refractivity contribution is 4.65. The minimum absolute atomic E-state index is 0.266. The number of likely N-dealkylation sites (tertiary alicyclic amines) is 1. The van der Waals surface area contributed by atoms with Gasteiger partial charge >= 0.3 is 0 Å². The molecule has 3 nitrogen and oxygen atoms in total. The van der Waals surface area contributed by atoms with Crippen molar-refractivity contribution < 1.29 is 4.74 Å². The van der Waals surface area contributed by atoms with Crippen LogP contribution in [0.5, 0.6) is 0 Å². The Morgan fingerprint density at radius 2 is 2.08 bits per heavy atom. The van der Waals surface area contributed by atoms with E-state index in [0.717, 1.165) is 19.6 Å². The molecule has 0 saturated carbocycles. The van der Waals surface area contributed by atoms with Gasteiger partial charge < -0.3 is 15.4 Å². The molecule has 1 fully saturated rings. The highest BCUT2D eigenvalue weighted by atomic mass is 16.5. The Kier molecular flexibility index (Phi) is 5.35. The molecule has 78 valence electrons. The lowest BCUT2D eigenvalue weighted by Crippen LogP contribution is -2.29. The lowest BCUT2D eigenvalue weighted by molar-refractivity contribution is 0.0441. The highest BCUT2D eigenvalue weighted by Gasteiger charge is 2.11. The molecule has 1 unspecified atom stereocenters. The fourth-order valence-electron chi connectivity index (χ4n) is 1.71. The van der Waals surface area contributed by atoms with E-state index in [1.165, 1.54) is 25.9 Å². The van der Waals surface area contributed by atoms with E-state index in [2.05, 4.69) is 11.8 Å². The van der Waals surface area contributed by atoms with Crippen molar-refractivity contribution in [1.29, 1.82) is 0 Å². The third-order valence-electron chi connectivity index (χ3n) is 2.68. The molecule has 0 bridgehead atoms. The predicted molar refractivity (Wildman–Crippen MR) is 54.8 cm³/mol. The van der Waals surface area contributed by atoms with Crippen LogP contribution in [0.3, 0.4) is 0 Å². The van der Waals surface area contributed by atoms with Crippen molar-refractivity contribution in [3.8, 4) is 0 Å². The second kappa shape index (κ2) is 6.35. The van der Waals surface area contributed by atoms with E-state index < -0.39 is 0 Å². The Balaban J connectivity index is 1.98. The third-order valence-corrected chi connectivity index (χ3v) is 2.68. The Labute approximate surface area is 81.2 Å². The first kappa shape index (κ1) is 11.0. The van der Waals surface area contributed by atoms with Crippen LogP contribution in [0.2, 0.25) is 0 Å². The number of nitrogens with zero attached hydrogens (tertiary/aromatic N) is 1. The fourth-order valence-corrected chi connectivity index (χ4v) is 1.71. The van der Waals surface area contributed by atoms with Gasteiger partial charge in [0.25, 0.3) is 0 Å². The maximum atomic E-state index is 5.64. The van der Waals surface area contributed by atoms with Crippen LogP contribution in [0.15, 0.2) is 0 Å². The SMILES string of the molecule is CCC(CN)OCCN1CCCC1. The van der Waals surface area contributed by atoms with E-state index >= 15 is 0 Å². The Hall–Kier alpha value is -0.120. The monoisotopic (exact) mass is 186 g/mol. The molecule has 0 aromatic carbocycles. The second-order valence-electron chi connectivity index (χ2n) is 3.69. The molecule has 0 spiro atoms. The topological polar surface area (TPSA) is 38.5 Å². The maximum absolute atomic E-state index is 5.64. The number of hydrogen-bond donors (Lipinski definition) is 1. The molecule has 1 heterocycles. The summed E-state index contributed by atoms with van der Waals surface area (Å²) in [5, 5.41) is 0. The average Bonchev–Trinajstić information content (AvgIpc) is 2.65. The van der Waals surface area contributed by atoms with Gasteiger partial charge in [0.2, 0.25) is 0 Å². The van der Waals surface area contributed by atoms with Crippen LogP contribution in [-0.2, 0) is 4.74 Å². The summed E-state index contributed by atoms with van der Waals surface area (Å²) in [5.41, 5.74) is 5.54. The first-order valence-corrected chi connectivity index (χ1v) is 5.40. The molecular weight excluding hydrogens is 164 g/mol. The zero-order chi connectivity index (χ0) is 9.52. The van der Waals surface area contributed by atoms with E-state index in [9.17, 15) is 0 Å². The van der Waals surface area contributed by atoms with E-state index in [1.54, 1.807) is 0 Å². The summed E-state index contributed by atoms with van der Waals surface area (Å²) < 4.78 is 5.64. The number of ether oxygens (including phenoxy) is 1. The standard InChI is InChI=1S/C10H22N2O/c1-2-10(9-11)13-8-7-12-5-3-4-6-12/h10H,2-9,11H2,1H3. The summed E-state index contributed by atoms with van der Waals surface area (Å²) in [5.74, 6) is 0. The Morgan fingerprint density at radius 3 is 2.62 bits per heavy atom. The van der Waals surface area contributed by atoms with Crippen LogP contribution in [0.4, 0.5) is 0 Å². The summed E-state index contributed by atoms with van der Waals surface area (Å²) in [6, 6.07) is 0. The van der Waals surface area contributed by atoms with Crippen molar-refractivity contribution in [1.82, 2.24) is 4.90 Å². The van der Waals surface area contributed by atoms with Crippen molar-refractivity contribution in [2.24, 2.45) is 5.73 Å². The third kappa shape index (κ3) is 4.07. The van der Waals surface area contributed by atoms with Crippen LogP contribution in [0.25, 0.3) is 0 Å². The van der Waals surface area contributed by atoms with Gasteiger partial charge in [-0.3, -0.25) is 0 Å². The van der Waals surface area contributed by atoms with Crippen molar-refractivity contribution >= 4 is 0 Å². The van der Waals surface area contributed by atoms with E-state index in [-0.39, 0.29) is 6.10 Å².